The van der Waals surface area contributed by atoms with Gasteiger partial charge >= 0.3 is 0 Å². The van der Waals surface area contributed by atoms with Crippen LogP contribution in [-0.4, -0.2) is 35.8 Å². The normalized spacial score (nSPS) is 26.5. The molecule has 1 saturated heterocycles. The van der Waals surface area contributed by atoms with E-state index in [1.54, 1.807) is 0 Å². The smallest absolute Gasteiger partial charge is 0.225 e. The van der Waals surface area contributed by atoms with Crippen molar-refractivity contribution in [2.75, 3.05) is 13.1 Å². The second kappa shape index (κ2) is 7.82. The summed E-state index contributed by atoms with van der Waals surface area (Å²) in [5.41, 5.74) is 1.37. The Balaban J connectivity index is 1.45. The first-order valence-corrected chi connectivity index (χ1v) is 9.30. The Morgan fingerprint density at radius 1 is 1.21 bits per heavy atom. The van der Waals surface area contributed by atoms with E-state index in [-0.39, 0.29) is 17.7 Å². The first-order valence-electron chi connectivity index (χ1n) is 9.30. The lowest BCUT2D eigenvalue weighted by atomic mass is 9.75. The van der Waals surface area contributed by atoms with Crippen LogP contribution in [0.25, 0.3) is 0 Å². The van der Waals surface area contributed by atoms with Gasteiger partial charge in [0.1, 0.15) is 0 Å². The molecule has 2 fully saturated rings. The summed E-state index contributed by atoms with van der Waals surface area (Å²) in [5.74, 6) is 0.879. The Hall–Kier alpha value is -1.84. The molecule has 4 nitrogen and oxygen atoms in total. The van der Waals surface area contributed by atoms with Crippen LogP contribution in [0.15, 0.2) is 30.3 Å². The van der Waals surface area contributed by atoms with E-state index >= 15 is 0 Å². The minimum atomic E-state index is -0.0321. The molecule has 0 spiro atoms. The van der Waals surface area contributed by atoms with Gasteiger partial charge in [0, 0.05) is 25.6 Å². The topological polar surface area (TPSA) is 49.4 Å². The number of amides is 2. The van der Waals surface area contributed by atoms with Gasteiger partial charge in [-0.05, 0) is 43.6 Å². The summed E-state index contributed by atoms with van der Waals surface area (Å²) in [6, 6.07) is 10.8. The van der Waals surface area contributed by atoms with E-state index in [0.717, 1.165) is 38.6 Å². The molecule has 0 radical (unpaired) electrons. The number of carbonyl (C=O) groups excluding carboxylic acids is 2. The average Bonchev–Trinajstić information content (AvgIpc) is 2.58. The maximum atomic E-state index is 12.5. The summed E-state index contributed by atoms with van der Waals surface area (Å²) in [4.78, 5) is 26.5. The SMILES string of the molecule is CCCC(=O)N1CCCC(C(=O)NC2CC(c3ccccc3)C2)C1. The molecule has 1 N–H and O–H groups in total. The third-order valence-electron chi connectivity index (χ3n) is 5.36. The number of hydrogen-bond acceptors (Lipinski definition) is 2. The van der Waals surface area contributed by atoms with E-state index in [9.17, 15) is 9.59 Å². The Morgan fingerprint density at radius 3 is 2.67 bits per heavy atom. The quantitative estimate of drug-likeness (QED) is 0.903. The summed E-state index contributed by atoms with van der Waals surface area (Å²) in [7, 11) is 0. The molecule has 0 bridgehead atoms. The predicted octanol–water partition coefficient (Wildman–Crippen LogP) is 3.09. The number of rotatable bonds is 5. The molecule has 24 heavy (non-hydrogen) atoms. The van der Waals surface area contributed by atoms with E-state index in [4.69, 9.17) is 0 Å². The van der Waals surface area contributed by atoms with Crippen molar-refractivity contribution in [3.63, 3.8) is 0 Å². The molecule has 1 heterocycles. The molecule has 1 aliphatic carbocycles. The van der Waals surface area contributed by atoms with Gasteiger partial charge in [-0.3, -0.25) is 9.59 Å². The lowest BCUT2D eigenvalue weighted by Gasteiger charge is -2.38. The van der Waals surface area contributed by atoms with Crippen LogP contribution in [0.4, 0.5) is 0 Å². The van der Waals surface area contributed by atoms with Gasteiger partial charge in [0.2, 0.25) is 11.8 Å². The maximum Gasteiger partial charge on any atom is 0.225 e. The fourth-order valence-corrected chi connectivity index (χ4v) is 3.84. The standard InChI is InChI=1S/C20H28N2O2/c1-2-7-19(23)22-11-6-10-16(14-22)20(24)21-18-12-17(13-18)15-8-4-3-5-9-15/h3-5,8-9,16-18H,2,6-7,10-14H2,1H3,(H,21,24). The van der Waals surface area contributed by atoms with Gasteiger partial charge in [0.25, 0.3) is 0 Å². The van der Waals surface area contributed by atoms with Crippen molar-refractivity contribution >= 4 is 11.8 Å². The molecule has 1 aromatic carbocycles. The number of piperidine rings is 1. The molecule has 3 rings (SSSR count). The van der Waals surface area contributed by atoms with Crippen LogP contribution in [0.5, 0.6) is 0 Å². The van der Waals surface area contributed by atoms with Crippen LogP contribution in [0.1, 0.15) is 56.9 Å². The predicted molar refractivity (Wildman–Crippen MR) is 94.6 cm³/mol. The van der Waals surface area contributed by atoms with Gasteiger partial charge in [-0.1, -0.05) is 37.3 Å². The van der Waals surface area contributed by atoms with Crippen molar-refractivity contribution in [3.8, 4) is 0 Å². The molecule has 1 unspecified atom stereocenters. The van der Waals surface area contributed by atoms with Crippen molar-refractivity contribution in [2.45, 2.75) is 57.4 Å². The van der Waals surface area contributed by atoms with E-state index in [1.165, 1.54) is 5.56 Å². The van der Waals surface area contributed by atoms with Gasteiger partial charge < -0.3 is 10.2 Å². The van der Waals surface area contributed by atoms with Crippen LogP contribution in [0.2, 0.25) is 0 Å². The molecule has 0 aromatic heterocycles. The number of carbonyl (C=O) groups is 2. The molecular formula is C20H28N2O2. The number of nitrogens with zero attached hydrogens (tertiary/aromatic N) is 1. The van der Waals surface area contributed by atoms with E-state index in [0.29, 0.717) is 24.9 Å². The van der Waals surface area contributed by atoms with E-state index in [2.05, 4.69) is 29.6 Å². The fourth-order valence-electron chi connectivity index (χ4n) is 3.84. The highest BCUT2D eigenvalue weighted by Gasteiger charge is 2.34. The number of likely N-dealkylation sites (tertiary alicyclic amines) is 1. The van der Waals surface area contributed by atoms with Crippen molar-refractivity contribution in [1.82, 2.24) is 10.2 Å². The number of hydrogen-bond donors (Lipinski definition) is 1. The highest BCUT2D eigenvalue weighted by Crippen LogP contribution is 2.36. The van der Waals surface area contributed by atoms with Crippen LogP contribution in [0.3, 0.4) is 0 Å². The molecule has 1 aromatic rings. The highest BCUT2D eigenvalue weighted by molar-refractivity contribution is 5.81. The molecule has 130 valence electrons. The minimum absolute atomic E-state index is 0.0321. The van der Waals surface area contributed by atoms with Crippen LogP contribution >= 0.6 is 0 Å². The van der Waals surface area contributed by atoms with Crippen molar-refractivity contribution < 1.29 is 9.59 Å². The summed E-state index contributed by atoms with van der Waals surface area (Å²) in [6.45, 7) is 3.42. The van der Waals surface area contributed by atoms with Crippen LogP contribution < -0.4 is 5.32 Å². The lowest BCUT2D eigenvalue weighted by molar-refractivity contribution is -0.136. The largest absolute Gasteiger partial charge is 0.353 e. The van der Waals surface area contributed by atoms with E-state index in [1.807, 2.05) is 17.9 Å². The third kappa shape index (κ3) is 3.97. The first-order chi connectivity index (χ1) is 11.7. The summed E-state index contributed by atoms with van der Waals surface area (Å²) in [5, 5.41) is 3.20. The zero-order valence-electron chi connectivity index (χ0n) is 14.5. The molecule has 4 heteroatoms. The Kier molecular flexibility index (Phi) is 5.54. The van der Waals surface area contributed by atoms with Gasteiger partial charge in [-0.2, -0.15) is 0 Å². The summed E-state index contributed by atoms with van der Waals surface area (Å²) < 4.78 is 0. The highest BCUT2D eigenvalue weighted by atomic mass is 16.2. The van der Waals surface area contributed by atoms with Gasteiger partial charge in [0.05, 0.1) is 5.92 Å². The van der Waals surface area contributed by atoms with Gasteiger partial charge in [0.15, 0.2) is 0 Å². The maximum absolute atomic E-state index is 12.5. The molecule has 1 atom stereocenters. The molecule has 2 aliphatic rings. The second-order valence-corrected chi connectivity index (χ2v) is 7.21. The molecule has 1 saturated carbocycles. The van der Waals surface area contributed by atoms with Crippen molar-refractivity contribution in [2.24, 2.45) is 5.92 Å². The Morgan fingerprint density at radius 2 is 1.96 bits per heavy atom. The molecule has 2 amide bonds. The first kappa shape index (κ1) is 17.0. The monoisotopic (exact) mass is 328 g/mol. The Labute approximate surface area is 144 Å². The average molecular weight is 328 g/mol. The number of nitrogens with one attached hydrogen (secondary N) is 1. The zero-order chi connectivity index (χ0) is 16.9. The van der Waals surface area contributed by atoms with Crippen molar-refractivity contribution in [1.29, 1.82) is 0 Å². The molecule has 1 aliphatic heterocycles. The minimum Gasteiger partial charge on any atom is -0.353 e. The second-order valence-electron chi connectivity index (χ2n) is 7.21. The molecular weight excluding hydrogens is 300 g/mol. The van der Waals surface area contributed by atoms with Crippen molar-refractivity contribution in [3.05, 3.63) is 35.9 Å². The summed E-state index contributed by atoms with van der Waals surface area (Å²) >= 11 is 0. The third-order valence-corrected chi connectivity index (χ3v) is 5.36. The lowest BCUT2D eigenvalue weighted by Crippen LogP contribution is -2.50. The van der Waals surface area contributed by atoms with E-state index < -0.39 is 0 Å². The Bertz CT molecular complexity index is 566. The number of benzene rings is 1. The van der Waals surface area contributed by atoms with Gasteiger partial charge in [-0.25, -0.2) is 0 Å². The fraction of sp³-hybridized carbons (Fsp3) is 0.600. The van der Waals surface area contributed by atoms with Gasteiger partial charge in [-0.15, -0.1) is 0 Å². The summed E-state index contributed by atoms with van der Waals surface area (Å²) in [6.07, 6.45) is 5.36. The zero-order valence-corrected chi connectivity index (χ0v) is 14.5. The van der Waals surface area contributed by atoms with Crippen LogP contribution in [0, 0.1) is 5.92 Å². The van der Waals surface area contributed by atoms with Crippen LogP contribution in [-0.2, 0) is 9.59 Å².